The number of anilines is 1. The standard InChI is InChI=1S/C23H22N4O2/c1-26(15-11-17-9-13-24-14-10-17)22(28)19-6-4-7-20(25-19)23(29)27-16-12-18-5-2-3-8-21(18)27/h2-10,13-14H,11-12,15-16H2,1H3. The van der Waals surface area contributed by atoms with E-state index in [9.17, 15) is 9.59 Å². The average Bonchev–Trinajstić information content (AvgIpc) is 3.21. The Morgan fingerprint density at radius 3 is 2.59 bits per heavy atom. The minimum absolute atomic E-state index is 0.177. The Morgan fingerprint density at radius 2 is 1.76 bits per heavy atom. The van der Waals surface area contributed by atoms with Crippen molar-refractivity contribution in [1.29, 1.82) is 0 Å². The molecule has 0 spiro atoms. The summed E-state index contributed by atoms with van der Waals surface area (Å²) in [7, 11) is 1.75. The summed E-state index contributed by atoms with van der Waals surface area (Å²) in [6, 6.07) is 16.8. The van der Waals surface area contributed by atoms with Gasteiger partial charge in [0.2, 0.25) is 0 Å². The van der Waals surface area contributed by atoms with Gasteiger partial charge in [0.05, 0.1) is 0 Å². The largest absolute Gasteiger partial charge is 0.340 e. The van der Waals surface area contributed by atoms with E-state index in [1.165, 1.54) is 0 Å². The normalized spacial score (nSPS) is 12.5. The van der Waals surface area contributed by atoms with Gasteiger partial charge in [0.15, 0.2) is 0 Å². The van der Waals surface area contributed by atoms with E-state index >= 15 is 0 Å². The molecule has 0 radical (unpaired) electrons. The molecule has 1 aromatic carbocycles. The Labute approximate surface area is 169 Å². The number of aromatic nitrogens is 2. The highest BCUT2D eigenvalue weighted by atomic mass is 16.2. The molecule has 3 aromatic rings. The van der Waals surface area contributed by atoms with Gasteiger partial charge in [-0.2, -0.15) is 0 Å². The molecule has 2 aromatic heterocycles. The highest BCUT2D eigenvalue weighted by Gasteiger charge is 2.26. The minimum Gasteiger partial charge on any atom is -0.340 e. The zero-order valence-electron chi connectivity index (χ0n) is 16.3. The molecular weight excluding hydrogens is 364 g/mol. The van der Waals surface area contributed by atoms with Gasteiger partial charge in [-0.1, -0.05) is 24.3 Å². The lowest BCUT2D eigenvalue weighted by molar-refractivity contribution is 0.0790. The van der Waals surface area contributed by atoms with E-state index in [1.807, 2.05) is 36.4 Å². The third-order valence-corrected chi connectivity index (χ3v) is 5.15. The van der Waals surface area contributed by atoms with Crippen LogP contribution in [0.15, 0.2) is 67.0 Å². The van der Waals surface area contributed by atoms with Crippen LogP contribution in [0.25, 0.3) is 0 Å². The van der Waals surface area contributed by atoms with Gasteiger partial charge in [-0.3, -0.25) is 14.6 Å². The first-order valence-electron chi connectivity index (χ1n) is 9.64. The zero-order valence-corrected chi connectivity index (χ0v) is 16.3. The van der Waals surface area contributed by atoms with E-state index in [0.29, 0.717) is 13.1 Å². The summed E-state index contributed by atoms with van der Waals surface area (Å²) < 4.78 is 0. The van der Waals surface area contributed by atoms with Crippen molar-refractivity contribution in [3.8, 4) is 0 Å². The maximum atomic E-state index is 13.0. The van der Waals surface area contributed by atoms with Crippen LogP contribution < -0.4 is 4.90 Å². The molecular formula is C23H22N4O2. The molecule has 6 heteroatoms. The van der Waals surface area contributed by atoms with Crippen LogP contribution in [0.2, 0.25) is 0 Å². The number of carbonyl (C=O) groups is 2. The molecule has 1 aliphatic heterocycles. The highest BCUT2D eigenvalue weighted by molar-refractivity contribution is 6.06. The number of hydrogen-bond acceptors (Lipinski definition) is 4. The minimum atomic E-state index is -0.199. The Morgan fingerprint density at radius 1 is 1.00 bits per heavy atom. The molecule has 0 fully saturated rings. The summed E-state index contributed by atoms with van der Waals surface area (Å²) in [5.74, 6) is -0.375. The average molecular weight is 386 g/mol. The Hall–Kier alpha value is -3.54. The molecule has 2 amide bonds. The number of para-hydroxylation sites is 1. The first-order chi connectivity index (χ1) is 14.1. The number of nitrogens with zero attached hydrogens (tertiary/aromatic N) is 4. The zero-order chi connectivity index (χ0) is 20.2. The second-order valence-corrected chi connectivity index (χ2v) is 7.08. The van der Waals surface area contributed by atoms with Crippen LogP contribution in [0, 0.1) is 0 Å². The molecule has 29 heavy (non-hydrogen) atoms. The fourth-order valence-electron chi connectivity index (χ4n) is 3.50. The van der Waals surface area contributed by atoms with Crippen LogP contribution in [0.3, 0.4) is 0 Å². The van der Waals surface area contributed by atoms with Gasteiger partial charge < -0.3 is 9.80 Å². The number of rotatable bonds is 5. The van der Waals surface area contributed by atoms with Crippen LogP contribution >= 0.6 is 0 Å². The lowest BCUT2D eigenvalue weighted by Gasteiger charge is -2.19. The lowest BCUT2D eigenvalue weighted by Crippen LogP contribution is -2.32. The predicted octanol–water partition coefficient (Wildman–Crippen LogP) is 2.99. The summed E-state index contributed by atoms with van der Waals surface area (Å²) in [6.07, 6.45) is 5.04. The molecule has 0 N–H and O–H groups in total. The van der Waals surface area contributed by atoms with E-state index in [1.54, 1.807) is 47.4 Å². The summed E-state index contributed by atoms with van der Waals surface area (Å²) in [6.45, 7) is 1.19. The number of likely N-dealkylation sites (N-methyl/N-ethyl adjacent to an activating group) is 1. The van der Waals surface area contributed by atoms with E-state index in [0.717, 1.165) is 29.7 Å². The molecule has 1 aliphatic rings. The molecule has 0 aliphatic carbocycles. The summed E-state index contributed by atoms with van der Waals surface area (Å²) >= 11 is 0. The van der Waals surface area contributed by atoms with Gasteiger partial charge in [0.1, 0.15) is 11.4 Å². The monoisotopic (exact) mass is 386 g/mol. The highest BCUT2D eigenvalue weighted by Crippen LogP contribution is 2.28. The molecule has 0 unspecified atom stereocenters. The summed E-state index contributed by atoms with van der Waals surface area (Å²) in [5, 5.41) is 0. The van der Waals surface area contributed by atoms with E-state index in [-0.39, 0.29) is 23.2 Å². The van der Waals surface area contributed by atoms with Crippen LogP contribution in [0.5, 0.6) is 0 Å². The van der Waals surface area contributed by atoms with Crippen molar-refractivity contribution in [2.45, 2.75) is 12.8 Å². The van der Waals surface area contributed by atoms with E-state index < -0.39 is 0 Å². The fraction of sp³-hybridized carbons (Fsp3) is 0.217. The van der Waals surface area contributed by atoms with Gasteiger partial charge in [-0.05, 0) is 54.3 Å². The maximum Gasteiger partial charge on any atom is 0.276 e. The topological polar surface area (TPSA) is 66.4 Å². The predicted molar refractivity (Wildman–Crippen MR) is 111 cm³/mol. The van der Waals surface area contributed by atoms with E-state index in [2.05, 4.69) is 9.97 Å². The number of amides is 2. The number of benzene rings is 1. The van der Waals surface area contributed by atoms with Crippen LogP contribution in [0.1, 0.15) is 32.1 Å². The molecule has 0 saturated heterocycles. The molecule has 146 valence electrons. The SMILES string of the molecule is CN(CCc1ccncc1)C(=O)c1cccc(C(=O)N2CCc3ccccc32)n1. The number of fused-ring (bicyclic) bond motifs is 1. The van der Waals surface area contributed by atoms with Gasteiger partial charge in [-0.25, -0.2) is 4.98 Å². The number of hydrogen-bond donors (Lipinski definition) is 0. The van der Waals surface area contributed by atoms with Crippen molar-refractivity contribution in [2.24, 2.45) is 0 Å². The molecule has 0 atom stereocenters. The van der Waals surface area contributed by atoms with Gasteiger partial charge in [0, 0.05) is 38.2 Å². The quantitative estimate of drug-likeness (QED) is 0.676. The van der Waals surface area contributed by atoms with E-state index in [4.69, 9.17) is 0 Å². The van der Waals surface area contributed by atoms with Gasteiger partial charge in [-0.15, -0.1) is 0 Å². The molecule has 0 saturated carbocycles. The van der Waals surface area contributed by atoms with Gasteiger partial charge in [0.25, 0.3) is 11.8 Å². The first kappa shape index (κ1) is 18.8. The summed E-state index contributed by atoms with van der Waals surface area (Å²) in [4.78, 5) is 37.5. The molecule has 6 nitrogen and oxygen atoms in total. The van der Waals surface area contributed by atoms with Crippen molar-refractivity contribution in [3.63, 3.8) is 0 Å². The van der Waals surface area contributed by atoms with Crippen molar-refractivity contribution in [2.75, 3.05) is 25.0 Å². The smallest absolute Gasteiger partial charge is 0.276 e. The number of pyridine rings is 2. The Balaban J connectivity index is 1.47. The van der Waals surface area contributed by atoms with Crippen molar-refractivity contribution >= 4 is 17.5 Å². The fourth-order valence-corrected chi connectivity index (χ4v) is 3.50. The second kappa shape index (κ2) is 8.22. The second-order valence-electron chi connectivity index (χ2n) is 7.08. The van der Waals surface area contributed by atoms with Gasteiger partial charge >= 0.3 is 0 Å². The third-order valence-electron chi connectivity index (χ3n) is 5.15. The van der Waals surface area contributed by atoms with Crippen LogP contribution in [-0.4, -0.2) is 46.8 Å². The Kier molecular flexibility index (Phi) is 5.33. The van der Waals surface area contributed by atoms with Crippen LogP contribution in [0.4, 0.5) is 5.69 Å². The first-order valence-corrected chi connectivity index (χ1v) is 9.64. The lowest BCUT2D eigenvalue weighted by atomic mass is 10.2. The maximum absolute atomic E-state index is 13.0. The Bertz CT molecular complexity index is 1040. The van der Waals surface area contributed by atoms with Crippen molar-refractivity contribution in [1.82, 2.24) is 14.9 Å². The number of carbonyl (C=O) groups excluding carboxylic acids is 2. The van der Waals surface area contributed by atoms with Crippen molar-refractivity contribution < 1.29 is 9.59 Å². The molecule has 0 bridgehead atoms. The summed E-state index contributed by atoms with van der Waals surface area (Å²) in [5.41, 5.74) is 3.76. The molecule has 4 rings (SSSR count). The van der Waals surface area contributed by atoms with Crippen molar-refractivity contribution in [3.05, 3.63) is 89.5 Å². The molecule has 3 heterocycles. The third kappa shape index (κ3) is 4.01. The van der Waals surface area contributed by atoms with Crippen LogP contribution in [-0.2, 0) is 12.8 Å².